The highest BCUT2D eigenvalue weighted by Gasteiger charge is 2.45. The zero-order valence-electron chi connectivity index (χ0n) is 21.3. The Morgan fingerprint density at radius 2 is 1.89 bits per heavy atom. The first-order valence-corrected chi connectivity index (χ1v) is 13.1. The van der Waals surface area contributed by atoms with Crippen molar-refractivity contribution in [1.29, 1.82) is 0 Å². The smallest absolute Gasteiger partial charge is 0.255 e. The van der Waals surface area contributed by atoms with Crippen LogP contribution >= 0.6 is 0 Å². The zero-order valence-corrected chi connectivity index (χ0v) is 21.3. The van der Waals surface area contributed by atoms with Crippen LogP contribution in [-0.4, -0.2) is 63.9 Å². The molecule has 9 nitrogen and oxygen atoms in total. The van der Waals surface area contributed by atoms with Crippen LogP contribution in [0.15, 0.2) is 48.5 Å². The average Bonchev–Trinajstić information content (AvgIpc) is 3.63. The molecule has 4 N–H and O–H groups in total. The van der Waals surface area contributed by atoms with Crippen LogP contribution in [0, 0.1) is 5.92 Å². The van der Waals surface area contributed by atoms with Gasteiger partial charge in [0.2, 0.25) is 11.8 Å². The lowest BCUT2D eigenvalue weighted by molar-refractivity contribution is -0.143. The molecular weight excluding hydrogens is 470 g/mol. The molecule has 2 fully saturated rings. The Hall–Kier alpha value is -3.27. The molecule has 3 aliphatic rings. The predicted octanol–water partition coefficient (Wildman–Crippen LogP) is 1.48. The van der Waals surface area contributed by atoms with Crippen LogP contribution in [-0.2, 0) is 22.7 Å². The number of carbonyl (C=O) groups is 3. The standard InChI is InChI=1S/C28H35N5O4/c1-17(2)25(33-15-20-5-3-4-6-22(20)27(33)36)28(37)32-16-21(34)13-24(32)26(35)29-14-18-7-9-19(10-8-18)23-11-12-30-31-23/h3-10,17,21,23-25,30-31,34H,11-16H2,1-2H3,(H,29,35)/t21-,23?,24+,25+/m1/s1. The van der Waals surface area contributed by atoms with E-state index in [0.717, 1.165) is 24.1 Å². The van der Waals surface area contributed by atoms with Crippen molar-refractivity contribution in [2.24, 2.45) is 5.92 Å². The largest absolute Gasteiger partial charge is 0.391 e. The summed E-state index contributed by atoms with van der Waals surface area (Å²) in [4.78, 5) is 43.2. The van der Waals surface area contributed by atoms with Gasteiger partial charge in [-0.05, 0) is 35.1 Å². The minimum atomic E-state index is -0.786. The molecule has 3 heterocycles. The first-order valence-electron chi connectivity index (χ1n) is 13.1. The number of nitrogens with one attached hydrogen (secondary N) is 3. The van der Waals surface area contributed by atoms with Gasteiger partial charge in [0.15, 0.2) is 0 Å². The van der Waals surface area contributed by atoms with E-state index in [4.69, 9.17) is 0 Å². The topological polar surface area (TPSA) is 114 Å². The third kappa shape index (κ3) is 5.12. The van der Waals surface area contributed by atoms with E-state index in [1.165, 1.54) is 10.5 Å². The van der Waals surface area contributed by atoms with Crippen molar-refractivity contribution in [3.8, 4) is 0 Å². The Kier molecular flexibility index (Phi) is 7.28. The summed E-state index contributed by atoms with van der Waals surface area (Å²) in [7, 11) is 0. The number of nitrogens with zero attached hydrogens (tertiary/aromatic N) is 2. The second-order valence-electron chi connectivity index (χ2n) is 10.5. The molecule has 3 amide bonds. The molecule has 9 heteroatoms. The van der Waals surface area contributed by atoms with E-state index in [2.05, 4.69) is 28.3 Å². The average molecular weight is 506 g/mol. The van der Waals surface area contributed by atoms with E-state index >= 15 is 0 Å². The predicted molar refractivity (Wildman–Crippen MR) is 138 cm³/mol. The van der Waals surface area contributed by atoms with Gasteiger partial charge in [-0.2, -0.15) is 0 Å². The van der Waals surface area contributed by atoms with Gasteiger partial charge in [0.05, 0.1) is 6.10 Å². The summed E-state index contributed by atoms with van der Waals surface area (Å²) in [5, 5.41) is 13.3. The Labute approximate surface area is 217 Å². The van der Waals surface area contributed by atoms with Crippen molar-refractivity contribution < 1.29 is 19.5 Å². The molecule has 37 heavy (non-hydrogen) atoms. The highest BCUT2D eigenvalue weighted by atomic mass is 16.3. The molecule has 0 spiro atoms. The summed E-state index contributed by atoms with van der Waals surface area (Å²) < 4.78 is 0. The Balaban J connectivity index is 1.26. The SMILES string of the molecule is CC(C)[C@@H](C(=O)N1C[C@H](O)C[C@H]1C(=O)NCc1ccc(C2CCNN2)cc1)N1Cc2ccccc2C1=O. The van der Waals surface area contributed by atoms with Crippen LogP contribution in [0.5, 0.6) is 0 Å². The third-order valence-electron chi connectivity index (χ3n) is 7.62. The number of aliphatic hydroxyl groups excluding tert-OH is 1. The van der Waals surface area contributed by atoms with Crippen LogP contribution in [0.4, 0.5) is 0 Å². The summed E-state index contributed by atoms with van der Waals surface area (Å²) in [6.45, 7) is 5.51. The number of carbonyl (C=O) groups excluding carboxylic acids is 3. The quantitative estimate of drug-likeness (QED) is 0.453. The Morgan fingerprint density at radius 1 is 1.14 bits per heavy atom. The molecule has 3 aliphatic heterocycles. The molecular formula is C28H35N5O4. The number of β-amino-alcohol motifs (C(OH)–C–C–N with tert-alkyl or cyclic N) is 1. The Morgan fingerprint density at radius 3 is 2.57 bits per heavy atom. The number of aliphatic hydroxyl groups is 1. The second-order valence-corrected chi connectivity index (χ2v) is 10.5. The molecule has 0 aromatic heterocycles. The van der Waals surface area contributed by atoms with Gasteiger partial charge >= 0.3 is 0 Å². The van der Waals surface area contributed by atoms with E-state index in [9.17, 15) is 19.5 Å². The molecule has 5 rings (SSSR count). The second kappa shape index (κ2) is 10.6. The summed E-state index contributed by atoms with van der Waals surface area (Å²) in [5.41, 5.74) is 10.0. The van der Waals surface area contributed by atoms with Crippen LogP contribution in [0.3, 0.4) is 0 Å². The lowest BCUT2D eigenvalue weighted by Gasteiger charge is -2.35. The van der Waals surface area contributed by atoms with E-state index in [-0.39, 0.29) is 42.6 Å². The summed E-state index contributed by atoms with van der Waals surface area (Å²) in [5.74, 6) is -0.922. The molecule has 4 atom stereocenters. The highest BCUT2D eigenvalue weighted by Crippen LogP contribution is 2.30. The maximum atomic E-state index is 13.8. The lowest BCUT2D eigenvalue weighted by Crippen LogP contribution is -2.55. The number of benzene rings is 2. The molecule has 2 aromatic rings. The molecule has 0 saturated carbocycles. The van der Waals surface area contributed by atoms with E-state index in [1.807, 2.05) is 44.2 Å². The monoisotopic (exact) mass is 505 g/mol. The fourth-order valence-electron chi connectivity index (χ4n) is 5.66. The molecule has 0 radical (unpaired) electrons. The molecule has 2 aromatic carbocycles. The maximum absolute atomic E-state index is 13.8. The fourth-order valence-corrected chi connectivity index (χ4v) is 5.66. The normalized spacial score (nSPS) is 24.0. The van der Waals surface area contributed by atoms with Gasteiger partial charge < -0.3 is 20.2 Å². The van der Waals surface area contributed by atoms with Crippen LogP contribution in [0.1, 0.15) is 59.8 Å². The number of likely N-dealkylation sites (tertiary alicyclic amines) is 1. The molecule has 0 aliphatic carbocycles. The third-order valence-corrected chi connectivity index (χ3v) is 7.62. The maximum Gasteiger partial charge on any atom is 0.255 e. The van der Waals surface area contributed by atoms with Crippen molar-refractivity contribution in [2.45, 2.75) is 64.0 Å². The minimum absolute atomic E-state index is 0.0756. The number of amides is 3. The van der Waals surface area contributed by atoms with Gasteiger partial charge in [-0.15, -0.1) is 0 Å². The molecule has 196 valence electrons. The van der Waals surface area contributed by atoms with Crippen LogP contribution in [0.2, 0.25) is 0 Å². The van der Waals surface area contributed by atoms with Crippen molar-refractivity contribution in [3.05, 3.63) is 70.8 Å². The van der Waals surface area contributed by atoms with Crippen molar-refractivity contribution in [1.82, 2.24) is 26.0 Å². The first kappa shape index (κ1) is 25.4. The van der Waals surface area contributed by atoms with Gasteiger partial charge in [-0.25, -0.2) is 0 Å². The fraction of sp³-hybridized carbons (Fsp3) is 0.464. The lowest BCUT2D eigenvalue weighted by atomic mass is 10.00. The first-order chi connectivity index (χ1) is 17.8. The number of fused-ring (bicyclic) bond motifs is 1. The van der Waals surface area contributed by atoms with Crippen LogP contribution < -0.4 is 16.2 Å². The van der Waals surface area contributed by atoms with E-state index < -0.39 is 18.2 Å². The van der Waals surface area contributed by atoms with Gasteiger partial charge in [-0.3, -0.25) is 25.2 Å². The van der Waals surface area contributed by atoms with E-state index in [0.29, 0.717) is 18.7 Å². The Bertz CT molecular complexity index is 1160. The molecule has 0 bridgehead atoms. The minimum Gasteiger partial charge on any atom is -0.391 e. The van der Waals surface area contributed by atoms with Gasteiger partial charge in [-0.1, -0.05) is 56.3 Å². The number of hydrogen-bond donors (Lipinski definition) is 4. The zero-order chi connectivity index (χ0) is 26.1. The highest BCUT2D eigenvalue weighted by molar-refractivity contribution is 6.01. The van der Waals surface area contributed by atoms with Gasteiger partial charge in [0, 0.05) is 44.2 Å². The van der Waals surface area contributed by atoms with E-state index in [1.54, 1.807) is 11.0 Å². The van der Waals surface area contributed by atoms with Crippen LogP contribution in [0.25, 0.3) is 0 Å². The van der Waals surface area contributed by atoms with Gasteiger partial charge in [0.1, 0.15) is 12.1 Å². The van der Waals surface area contributed by atoms with Crippen molar-refractivity contribution in [2.75, 3.05) is 13.1 Å². The molecule has 2 saturated heterocycles. The summed E-state index contributed by atoms with van der Waals surface area (Å²) >= 11 is 0. The van der Waals surface area contributed by atoms with Gasteiger partial charge in [0.25, 0.3) is 5.91 Å². The number of hydrazine groups is 1. The summed E-state index contributed by atoms with van der Waals surface area (Å²) in [6.07, 6.45) is 0.414. The summed E-state index contributed by atoms with van der Waals surface area (Å²) in [6, 6.07) is 14.3. The van der Waals surface area contributed by atoms with Crippen molar-refractivity contribution >= 4 is 17.7 Å². The number of hydrogen-bond acceptors (Lipinski definition) is 6. The number of rotatable bonds is 7. The molecule has 1 unspecified atom stereocenters. The van der Waals surface area contributed by atoms with Crippen molar-refractivity contribution in [3.63, 3.8) is 0 Å².